The zero-order valence-corrected chi connectivity index (χ0v) is 69.9. The number of aliphatic hydroxyl groups excluding tert-OH is 1. The molecule has 0 aliphatic rings. The van der Waals surface area contributed by atoms with Gasteiger partial charge >= 0.3 is 39.5 Å². The van der Waals surface area contributed by atoms with Gasteiger partial charge in [0.05, 0.1) is 26.4 Å². The summed E-state index contributed by atoms with van der Waals surface area (Å²) in [7, 11) is -10.0. The summed E-state index contributed by atoms with van der Waals surface area (Å²) in [4.78, 5) is 73.2. The van der Waals surface area contributed by atoms with Crippen molar-refractivity contribution < 1.29 is 80.2 Å². The van der Waals surface area contributed by atoms with Crippen molar-refractivity contribution in [3.63, 3.8) is 0 Å². The second-order valence-electron chi connectivity index (χ2n) is 26.9. The summed E-state index contributed by atoms with van der Waals surface area (Å²) in [6, 6.07) is 0. The van der Waals surface area contributed by atoms with Crippen molar-refractivity contribution >= 4 is 39.5 Å². The number of unbranched alkanes of at least 4 members (excludes halogenated alkanes) is 18. The Morgan fingerprint density at radius 3 is 0.800 bits per heavy atom. The van der Waals surface area contributed by atoms with Gasteiger partial charge < -0.3 is 33.8 Å². The molecule has 5 atom stereocenters. The molecule has 0 aromatic carbocycles. The fourth-order valence-electron chi connectivity index (χ4n) is 10.3. The van der Waals surface area contributed by atoms with E-state index in [1.807, 2.05) is 18.2 Å². The van der Waals surface area contributed by atoms with Crippen molar-refractivity contribution in [2.75, 3.05) is 39.6 Å². The van der Waals surface area contributed by atoms with Gasteiger partial charge in [-0.3, -0.25) is 37.3 Å². The van der Waals surface area contributed by atoms with E-state index in [2.05, 4.69) is 204 Å². The molecule has 110 heavy (non-hydrogen) atoms. The third-order valence-electron chi connectivity index (χ3n) is 16.5. The van der Waals surface area contributed by atoms with Gasteiger partial charge in [0, 0.05) is 25.7 Å². The lowest BCUT2D eigenvalue weighted by Gasteiger charge is -2.21. The third kappa shape index (κ3) is 80.0. The number of allylic oxidation sites excluding steroid dienone is 32. The third-order valence-corrected chi connectivity index (χ3v) is 18.4. The Hall–Kier alpha value is -6.10. The van der Waals surface area contributed by atoms with Crippen LogP contribution in [0.4, 0.5) is 0 Å². The number of carbonyl (C=O) groups is 4. The molecule has 0 saturated carbocycles. The van der Waals surface area contributed by atoms with Crippen molar-refractivity contribution in [2.24, 2.45) is 0 Å². The first kappa shape index (κ1) is 104. The molecule has 0 spiro atoms. The predicted molar refractivity (Wildman–Crippen MR) is 454 cm³/mol. The Morgan fingerprint density at radius 2 is 0.491 bits per heavy atom. The fourth-order valence-corrected chi connectivity index (χ4v) is 11.9. The number of rotatable bonds is 76. The first-order valence-corrected chi connectivity index (χ1v) is 44.7. The highest BCUT2D eigenvalue weighted by Gasteiger charge is 2.30. The number of phosphoric ester groups is 2. The van der Waals surface area contributed by atoms with Gasteiger partial charge in [-0.2, -0.15) is 0 Å². The molecule has 0 amide bonds. The van der Waals surface area contributed by atoms with E-state index in [-0.39, 0.29) is 25.7 Å². The SMILES string of the molecule is CC/C=C\C/C=C\C/C=C\C/C=C\C/C=C\C/C=C\CCC(=O)OCC(COP(=O)(O)OCC(O)COP(=O)(O)OCC(COC(=O)CCCCC/C=C\C/C=C\C/C=C\C/C=C\C/C=C\CC)OC(=O)CCCCCCC/C=C\CCCCCCCC)OC(=O)CCCCCC/C=C\C/C=C\C/C=C\C/C=C\CC. The van der Waals surface area contributed by atoms with Crippen LogP contribution in [-0.2, 0) is 65.4 Å². The van der Waals surface area contributed by atoms with Gasteiger partial charge in [-0.15, -0.1) is 0 Å². The number of carbonyl (C=O) groups excluding carboxylic acids is 4. The molecular weight excluding hydrogens is 1430 g/mol. The number of hydrogen-bond donors (Lipinski definition) is 3. The second-order valence-corrected chi connectivity index (χ2v) is 29.8. The van der Waals surface area contributed by atoms with Gasteiger partial charge in [0.15, 0.2) is 12.2 Å². The first-order chi connectivity index (χ1) is 53.7. The molecule has 0 aliphatic carbocycles. The first-order valence-electron chi connectivity index (χ1n) is 41.7. The molecule has 19 heteroatoms. The predicted octanol–water partition coefficient (Wildman–Crippen LogP) is 24.9. The molecule has 17 nitrogen and oxygen atoms in total. The van der Waals surface area contributed by atoms with E-state index in [0.717, 1.165) is 173 Å². The van der Waals surface area contributed by atoms with Crippen LogP contribution in [0, 0.1) is 0 Å². The molecule has 3 N–H and O–H groups in total. The van der Waals surface area contributed by atoms with E-state index in [4.69, 9.17) is 37.0 Å². The van der Waals surface area contributed by atoms with Crippen LogP contribution in [0.3, 0.4) is 0 Å². The number of esters is 4. The maximum absolute atomic E-state index is 13.1. The maximum atomic E-state index is 13.1. The standard InChI is InChI=1S/C91H146O17P2/c1-5-9-13-17-21-25-29-33-37-40-42-45-48-51-55-59-63-67-71-75-88(93)101-81-86(107-90(95)77-73-69-65-61-57-53-47-36-32-28-24-20-16-12-8-4)83-105-109(97,98)103-79-85(92)80-104-110(99,100)106-84-87(108-91(96)78-74-70-66-62-58-54-50-44-39-35-31-27-23-19-15-11-7-3)82-102-89(94)76-72-68-64-60-56-52-49-46-43-41-38-34-30-26-22-18-14-10-6-2/h9-11,13-15,21-23,25-27,33-39,42-43,45-47,50-52,54-56,64,68,85-87,92H,5-8,12,16-20,24,28-32,40-41,44,48-49,53,57-63,65-67,69-84H2,1-4H3,(H,97,98)(H,99,100)/b13-9-,14-10-,15-11-,25-21-,26-22-,27-23-,37-33-,38-34-,39-35-,45-42-,46-43-,47-36-,54-50-,55-51-,56-52-,68-64-. The zero-order chi connectivity index (χ0) is 80.3. The van der Waals surface area contributed by atoms with E-state index in [0.29, 0.717) is 32.1 Å². The summed E-state index contributed by atoms with van der Waals surface area (Å²) in [6.07, 6.45) is 99.8. The van der Waals surface area contributed by atoms with Crippen molar-refractivity contribution in [1.29, 1.82) is 0 Å². The lowest BCUT2D eigenvalue weighted by Crippen LogP contribution is -2.30. The molecule has 0 aliphatic heterocycles. The molecule has 0 heterocycles. The molecule has 5 unspecified atom stereocenters. The van der Waals surface area contributed by atoms with E-state index in [1.165, 1.54) is 38.5 Å². The summed E-state index contributed by atoms with van der Waals surface area (Å²) in [6.45, 7) is 4.36. The lowest BCUT2D eigenvalue weighted by atomic mass is 10.1. The minimum atomic E-state index is -5.02. The normalized spacial score (nSPS) is 14.8. The lowest BCUT2D eigenvalue weighted by molar-refractivity contribution is -0.161. The summed E-state index contributed by atoms with van der Waals surface area (Å²) < 4.78 is 68.6. The van der Waals surface area contributed by atoms with Gasteiger partial charge in [-0.25, -0.2) is 9.13 Å². The Kier molecular flexibility index (Phi) is 76.4. The molecule has 622 valence electrons. The fraction of sp³-hybridized carbons (Fsp3) is 0.604. The van der Waals surface area contributed by atoms with E-state index >= 15 is 0 Å². The minimum absolute atomic E-state index is 0.0222. The van der Waals surface area contributed by atoms with Crippen LogP contribution < -0.4 is 0 Å². The Bertz CT molecular complexity index is 2850. The Balaban J connectivity index is 5.52. The van der Waals surface area contributed by atoms with Crippen LogP contribution in [0.25, 0.3) is 0 Å². The van der Waals surface area contributed by atoms with Gasteiger partial charge in [-0.05, 0) is 173 Å². The average Bonchev–Trinajstić information content (AvgIpc) is 0.906. The van der Waals surface area contributed by atoms with Crippen molar-refractivity contribution in [2.45, 2.75) is 316 Å². The summed E-state index contributed by atoms with van der Waals surface area (Å²) in [5, 5.41) is 10.7. The van der Waals surface area contributed by atoms with Crippen LogP contribution in [-0.4, -0.2) is 96.7 Å². The second kappa shape index (κ2) is 80.9. The largest absolute Gasteiger partial charge is 0.472 e. The van der Waals surface area contributed by atoms with E-state index < -0.39 is 97.5 Å². The quantitative estimate of drug-likeness (QED) is 0.0169. The highest BCUT2D eigenvalue weighted by atomic mass is 31.2. The van der Waals surface area contributed by atoms with Gasteiger partial charge in [0.2, 0.25) is 0 Å². The van der Waals surface area contributed by atoms with Crippen LogP contribution in [0.2, 0.25) is 0 Å². The molecule has 0 rings (SSSR count). The van der Waals surface area contributed by atoms with Gasteiger partial charge in [-0.1, -0.05) is 293 Å². The van der Waals surface area contributed by atoms with Gasteiger partial charge in [0.1, 0.15) is 19.3 Å². The average molecular weight is 1570 g/mol. The Morgan fingerprint density at radius 1 is 0.264 bits per heavy atom. The maximum Gasteiger partial charge on any atom is 0.472 e. The number of aliphatic hydroxyl groups is 1. The molecule has 0 saturated heterocycles. The monoisotopic (exact) mass is 1570 g/mol. The summed E-state index contributed by atoms with van der Waals surface area (Å²) in [5.74, 6) is -2.36. The molecule has 0 bridgehead atoms. The Labute approximate surface area is 666 Å². The highest BCUT2D eigenvalue weighted by Crippen LogP contribution is 2.45. The topological polar surface area (TPSA) is 237 Å². The molecule has 0 fully saturated rings. The van der Waals surface area contributed by atoms with Crippen molar-refractivity contribution in [3.05, 3.63) is 194 Å². The summed E-state index contributed by atoms with van der Waals surface area (Å²) >= 11 is 0. The molecule has 0 aromatic rings. The van der Waals surface area contributed by atoms with Crippen molar-refractivity contribution in [3.8, 4) is 0 Å². The van der Waals surface area contributed by atoms with Gasteiger partial charge in [0.25, 0.3) is 0 Å². The minimum Gasteiger partial charge on any atom is -0.462 e. The molecule has 0 aromatic heterocycles. The number of phosphoric acid groups is 2. The van der Waals surface area contributed by atoms with Crippen LogP contribution in [0.15, 0.2) is 194 Å². The summed E-state index contributed by atoms with van der Waals surface area (Å²) in [5.41, 5.74) is 0. The van der Waals surface area contributed by atoms with E-state index in [9.17, 15) is 43.2 Å². The molecule has 0 radical (unpaired) electrons. The van der Waals surface area contributed by atoms with Crippen LogP contribution in [0.1, 0.15) is 297 Å². The highest BCUT2D eigenvalue weighted by molar-refractivity contribution is 7.47. The van der Waals surface area contributed by atoms with Crippen LogP contribution in [0.5, 0.6) is 0 Å². The number of ether oxygens (including phenoxy) is 4. The van der Waals surface area contributed by atoms with Crippen molar-refractivity contribution in [1.82, 2.24) is 0 Å². The smallest absolute Gasteiger partial charge is 0.462 e. The molecular formula is C91H146O17P2. The van der Waals surface area contributed by atoms with Crippen LogP contribution >= 0.6 is 15.6 Å². The van der Waals surface area contributed by atoms with E-state index in [1.54, 1.807) is 0 Å². The zero-order valence-electron chi connectivity index (χ0n) is 68.1. The number of hydrogen-bond acceptors (Lipinski definition) is 15.